The van der Waals surface area contributed by atoms with Crippen molar-refractivity contribution in [2.75, 3.05) is 0 Å². The van der Waals surface area contributed by atoms with Gasteiger partial charge >= 0.3 is 0 Å². The van der Waals surface area contributed by atoms with E-state index in [1.54, 1.807) is 18.3 Å². The van der Waals surface area contributed by atoms with Gasteiger partial charge in [-0.3, -0.25) is 4.79 Å². The van der Waals surface area contributed by atoms with Gasteiger partial charge in [0.2, 0.25) is 0 Å². The van der Waals surface area contributed by atoms with Crippen LogP contribution >= 0.6 is 11.6 Å². The molecule has 3 aromatic rings. The molecule has 0 bridgehead atoms. The van der Waals surface area contributed by atoms with E-state index < -0.39 is 5.91 Å². The van der Waals surface area contributed by atoms with Crippen molar-refractivity contribution in [3.05, 3.63) is 94.8 Å². The highest BCUT2D eigenvalue weighted by Gasteiger charge is 2.08. The summed E-state index contributed by atoms with van der Waals surface area (Å²) in [5.41, 5.74) is 4.63. The monoisotopic (exact) mass is 365 g/mol. The first-order valence-electron chi connectivity index (χ1n) is 7.93. The number of hydrazone groups is 1. The highest BCUT2D eigenvalue weighted by Crippen LogP contribution is 2.14. The molecule has 3 rings (SSSR count). The highest BCUT2D eigenvalue weighted by molar-refractivity contribution is 6.32. The Morgan fingerprint density at radius 2 is 1.85 bits per heavy atom. The lowest BCUT2D eigenvalue weighted by atomic mass is 10.2. The van der Waals surface area contributed by atoms with E-state index in [2.05, 4.69) is 15.5 Å². The van der Waals surface area contributed by atoms with Crippen LogP contribution in [0.2, 0.25) is 5.15 Å². The topological polar surface area (TPSA) is 63.6 Å². The number of benzene rings is 2. The van der Waals surface area contributed by atoms with Crippen molar-refractivity contribution in [2.24, 2.45) is 5.10 Å². The number of hydrogen-bond acceptors (Lipinski definition) is 4. The summed E-state index contributed by atoms with van der Waals surface area (Å²) >= 11 is 5.87. The second-order valence-electron chi connectivity index (χ2n) is 5.38. The molecule has 0 aliphatic rings. The Morgan fingerprint density at radius 3 is 2.58 bits per heavy atom. The van der Waals surface area contributed by atoms with Crippen molar-refractivity contribution in [3.8, 4) is 5.75 Å². The van der Waals surface area contributed by atoms with Crippen LogP contribution in [0.4, 0.5) is 0 Å². The number of carbonyl (C=O) groups is 1. The predicted octanol–water partition coefficient (Wildman–Crippen LogP) is 4.08. The molecule has 130 valence electrons. The molecule has 0 radical (unpaired) electrons. The summed E-state index contributed by atoms with van der Waals surface area (Å²) in [5, 5.41) is 4.07. The first kappa shape index (κ1) is 17.6. The Balaban J connectivity index is 1.53. The summed E-state index contributed by atoms with van der Waals surface area (Å²) in [6.45, 7) is 0.510. The molecule has 0 aliphatic heterocycles. The molecule has 1 amide bonds. The van der Waals surface area contributed by atoms with E-state index in [1.165, 1.54) is 6.20 Å². The molecule has 1 N–H and O–H groups in total. The number of aromatic nitrogens is 1. The van der Waals surface area contributed by atoms with Crippen molar-refractivity contribution >= 4 is 23.7 Å². The summed E-state index contributed by atoms with van der Waals surface area (Å²) < 4.78 is 5.72. The molecule has 0 aliphatic carbocycles. The number of carbonyl (C=O) groups excluding carboxylic acids is 1. The Labute approximate surface area is 156 Å². The molecule has 0 atom stereocenters. The van der Waals surface area contributed by atoms with Crippen LogP contribution in [0.15, 0.2) is 78.0 Å². The van der Waals surface area contributed by atoms with Gasteiger partial charge in [-0.2, -0.15) is 5.10 Å². The van der Waals surface area contributed by atoms with Crippen LogP contribution in [0.3, 0.4) is 0 Å². The Morgan fingerprint density at radius 1 is 1.08 bits per heavy atom. The number of halogens is 1. The number of nitrogens with one attached hydrogen (secondary N) is 1. The molecule has 1 aromatic heterocycles. The summed E-state index contributed by atoms with van der Waals surface area (Å²) in [7, 11) is 0. The van der Waals surface area contributed by atoms with Gasteiger partial charge in [-0.15, -0.1) is 0 Å². The maximum Gasteiger partial charge on any atom is 0.274 e. The molecule has 5 nitrogen and oxygen atoms in total. The van der Waals surface area contributed by atoms with E-state index in [-0.39, 0.29) is 10.7 Å². The normalized spacial score (nSPS) is 10.7. The van der Waals surface area contributed by atoms with E-state index in [9.17, 15) is 4.79 Å². The van der Waals surface area contributed by atoms with Crippen LogP contribution in [0, 0.1) is 0 Å². The number of nitrogens with zero attached hydrogens (tertiary/aromatic N) is 2. The zero-order valence-corrected chi connectivity index (χ0v) is 14.6. The van der Waals surface area contributed by atoms with Crippen LogP contribution in [-0.4, -0.2) is 17.1 Å². The lowest BCUT2D eigenvalue weighted by Gasteiger charge is -2.06. The minimum Gasteiger partial charge on any atom is -0.489 e. The lowest BCUT2D eigenvalue weighted by molar-refractivity contribution is 0.0955. The lowest BCUT2D eigenvalue weighted by Crippen LogP contribution is -2.18. The number of pyridine rings is 1. The van der Waals surface area contributed by atoms with Crippen molar-refractivity contribution in [1.82, 2.24) is 10.4 Å². The number of rotatable bonds is 6. The Hall–Kier alpha value is -3.18. The van der Waals surface area contributed by atoms with Crippen LogP contribution in [0.25, 0.3) is 0 Å². The van der Waals surface area contributed by atoms with Gasteiger partial charge in [-0.25, -0.2) is 10.4 Å². The van der Waals surface area contributed by atoms with Crippen LogP contribution in [0.5, 0.6) is 5.75 Å². The fraction of sp³-hybridized carbons (Fsp3) is 0.0500. The molecule has 0 fully saturated rings. The maximum absolute atomic E-state index is 12.0. The quantitative estimate of drug-likeness (QED) is 0.406. The van der Waals surface area contributed by atoms with Gasteiger partial charge in [-0.05, 0) is 47.5 Å². The van der Waals surface area contributed by atoms with Gasteiger partial charge in [0.15, 0.2) is 0 Å². The standard InChI is InChI=1S/C20H16ClN3O2/c21-19-18(7-4-12-22-19)20(25)24-23-13-15-8-10-17(11-9-15)26-14-16-5-2-1-3-6-16/h1-13H,14H2,(H,24,25)/b23-13+. The summed E-state index contributed by atoms with van der Waals surface area (Å²) in [4.78, 5) is 15.8. The summed E-state index contributed by atoms with van der Waals surface area (Å²) in [6.07, 6.45) is 3.06. The molecule has 0 spiro atoms. The molecule has 0 unspecified atom stereocenters. The third-order valence-electron chi connectivity index (χ3n) is 3.51. The zero-order chi connectivity index (χ0) is 18.2. The van der Waals surface area contributed by atoms with E-state index in [0.29, 0.717) is 6.61 Å². The molecule has 0 saturated carbocycles. The van der Waals surface area contributed by atoms with Gasteiger partial charge in [0.25, 0.3) is 5.91 Å². The molecule has 26 heavy (non-hydrogen) atoms. The molecule has 2 aromatic carbocycles. The smallest absolute Gasteiger partial charge is 0.274 e. The molecular formula is C20H16ClN3O2. The second-order valence-corrected chi connectivity index (χ2v) is 5.74. The third-order valence-corrected chi connectivity index (χ3v) is 3.81. The first-order chi connectivity index (χ1) is 12.7. The average molecular weight is 366 g/mol. The van der Waals surface area contributed by atoms with Crippen molar-refractivity contribution < 1.29 is 9.53 Å². The van der Waals surface area contributed by atoms with Gasteiger partial charge in [0.05, 0.1) is 11.8 Å². The fourth-order valence-electron chi connectivity index (χ4n) is 2.17. The minimum absolute atomic E-state index is 0.139. The number of ether oxygens (including phenoxy) is 1. The van der Waals surface area contributed by atoms with E-state index in [4.69, 9.17) is 16.3 Å². The fourth-order valence-corrected chi connectivity index (χ4v) is 2.38. The predicted molar refractivity (Wildman–Crippen MR) is 102 cm³/mol. The van der Waals surface area contributed by atoms with Gasteiger partial charge < -0.3 is 4.74 Å². The van der Waals surface area contributed by atoms with Gasteiger partial charge in [0.1, 0.15) is 17.5 Å². The van der Waals surface area contributed by atoms with E-state index >= 15 is 0 Å². The Kier molecular flexibility index (Phi) is 5.96. The molecule has 1 heterocycles. The van der Waals surface area contributed by atoms with Crippen molar-refractivity contribution in [2.45, 2.75) is 6.61 Å². The van der Waals surface area contributed by atoms with Gasteiger partial charge in [-0.1, -0.05) is 41.9 Å². The molecular weight excluding hydrogens is 350 g/mol. The van der Waals surface area contributed by atoms with Crippen molar-refractivity contribution in [1.29, 1.82) is 0 Å². The van der Waals surface area contributed by atoms with E-state index in [1.807, 2.05) is 54.6 Å². The van der Waals surface area contributed by atoms with Crippen LogP contribution in [0.1, 0.15) is 21.5 Å². The van der Waals surface area contributed by atoms with Crippen molar-refractivity contribution in [3.63, 3.8) is 0 Å². The highest BCUT2D eigenvalue weighted by atomic mass is 35.5. The summed E-state index contributed by atoms with van der Waals surface area (Å²) in [5.74, 6) is 0.347. The number of amides is 1. The van der Waals surface area contributed by atoms with E-state index in [0.717, 1.165) is 16.9 Å². The van der Waals surface area contributed by atoms with Crippen LogP contribution in [-0.2, 0) is 6.61 Å². The SMILES string of the molecule is O=C(N/N=C/c1ccc(OCc2ccccc2)cc1)c1cccnc1Cl. The summed E-state index contributed by atoms with van der Waals surface area (Å²) in [6, 6.07) is 20.6. The third kappa shape index (κ3) is 4.91. The minimum atomic E-state index is -0.415. The maximum atomic E-state index is 12.0. The molecule has 0 saturated heterocycles. The van der Waals surface area contributed by atoms with Gasteiger partial charge in [0, 0.05) is 6.20 Å². The largest absolute Gasteiger partial charge is 0.489 e. The first-order valence-corrected chi connectivity index (χ1v) is 8.31. The molecule has 6 heteroatoms. The zero-order valence-electron chi connectivity index (χ0n) is 13.8. The Bertz CT molecular complexity index is 896. The van der Waals surface area contributed by atoms with Crippen LogP contribution < -0.4 is 10.2 Å². The average Bonchev–Trinajstić information content (AvgIpc) is 2.68. The number of hydrogen-bond donors (Lipinski definition) is 1. The second kappa shape index (κ2) is 8.78.